The van der Waals surface area contributed by atoms with Gasteiger partial charge in [0.25, 0.3) is 0 Å². The first kappa shape index (κ1) is 22.7. The SMILES string of the molecule is CCCCOC[C@@H](/C=C1/CCC[C@H]1CO)N(Cc1ccccc1)Cc1ccccc1. The van der Waals surface area contributed by atoms with Gasteiger partial charge in [-0.1, -0.05) is 85.7 Å². The highest BCUT2D eigenvalue weighted by Crippen LogP contribution is 2.31. The zero-order chi connectivity index (χ0) is 21.0. The number of hydrogen-bond donors (Lipinski definition) is 1. The molecule has 30 heavy (non-hydrogen) atoms. The van der Waals surface area contributed by atoms with Crippen LogP contribution in [0, 0.1) is 5.92 Å². The van der Waals surface area contributed by atoms with Crippen molar-refractivity contribution in [2.45, 2.75) is 58.2 Å². The molecule has 0 unspecified atom stereocenters. The second kappa shape index (κ2) is 12.7. The molecule has 1 fully saturated rings. The lowest BCUT2D eigenvalue weighted by atomic mass is 10.0. The molecule has 1 aliphatic rings. The third kappa shape index (κ3) is 7.09. The molecule has 1 saturated carbocycles. The van der Waals surface area contributed by atoms with Crippen LogP contribution in [-0.4, -0.2) is 35.9 Å². The number of unbranched alkanes of at least 4 members (excludes halogenated alkanes) is 1. The molecule has 0 saturated heterocycles. The molecule has 1 aliphatic carbocycles. The van der Waals surface area contributed by atoms with Gasteiger partial charge >= 0.3 is 0 Å². The van der Waals surface area contributed by atoms with Crippen LogP contribution in [0.25, 0.3) is 0 Å². The van der Waals surface area contributed by atoms with Crippen molar-refractivity contribution in [1.29, 1.82) is 0 Å². The van der Waals surface area contributed by atoms with Crippen LogP contribution in [0.4, 0.5) is 0 Å². The van der Waals surface area contributed by atoms with E-state index in [2.05, 4.69) is 78.6 Å². The van der Waals surface area contributed by atoms with Crippen molar-refractivity contribution in [3.8, 4) is 0 Å². The predicted octanol–water partition coefficient (Wildman–Crippen LogP) is 5.59. The molecular weight excluding hydrogens is 370 g/mol. The van der Waals surface area contributed by atoms with Gasteiger partial charge in [0.2, 0.25) is 0 Å². The molecule has 3 nitrogen and oxygen atoms in total. The summed E-state index contributed by atoms with van der Waals surface area (Å²) in [7, 11) is 0. The van der Waals surface area contributed by atoms with E-state index in [-0.39, 0.29) is 12.6 Å². The summed E-state index contributed by atoms with van der Waals surface area (Å²) in [4.78, 5) is 2.52. The average molecular weight is 408 g/mol. The van der Waals surface area contributed by atoms with E-state index >= 15 is 0 Å². The van der Waals surface area contributed by atoms with Crippen LogP contribution in [0.15, 0.2) is 72.3 Å². The quantitative estimate of drug-likeness (QED) is 0.367. The van der Waals surface area contributed by atoms with Crippen molar-refractivity contribution in [2.75, 3.05) is 19.8 Å². The zero-order valence-corrected chi connectivity index (χ0v) is 18.4. The Bertz CT molecular complexity index is 702. The lowest BCUT2D eigenvalue weighted by molar-refractivity contribution is 0.0683. The third-order valence-electron chi connectivity index (χ3n) is 6.03. The molecule has 0 heterocycles. The number of aliphatic hydroxyl groups is 1. The first-order chi connectivity index (χ1) is 14.8. The van der Waals surface area contributed by atoms with Crippen LogP contribution in [0.1, 0.15) is 50.2 Å². The van der Waals surface area contributed by atoms with Crippen LogP contribution in [-0.2, 0) is 17.8 Å². The second-order valence-corrected chi connectivity index (χ2v) is 8.39. The summed E-state index contributed by atoms with van der Waals surface area (Å²) >= 11 is 0. The van der Waals surface area contributed by atoms with Crippen molar-refractivity contribution in [1.82, 2.24) is 4.90 Å². The molecule has 2 atom stereocenters. The van der Waals surface area contributed by atoms with Crippen molar-refractivity contribution in [2.24, 2.45) is 5.92 Å². The highest BCUT2D eigenvalue weighted by Gasteiger charge is 2.24. The smallest absolute Gasteiger partial charge is 0.0658 e. The highest BCUT2D eigenvalue weighted by atomic mass is 16.5. The van der Waals surface area contributed by atoms with Crippen molar-refractivity contribution >= 4 is 0 Å². The summed E-state index contributed by atoms with van der Waals surface area (Å²) in [5, 5.41) is 9.82. The van der Waals surface area contributed by atoms with Crippen molar-refractivity contribution in [3.05, 3.63) is 83.4 Å². The van der Waals surface area contributed by atoms with Crippen molar-refractivity contribution in [3.63, 3.8) is 0 Å². The third-order valence-corrected chi connectivity index (χ3v) is 6.03. The summed E-state index contributed by atoms with van der Waals surface area (Å²) in [5.41, 5.74) is 4.04. The average Bonchev–Trinajstić information content (AvgIpc) is 3.24. The Labute approximate surface area is 182 Å². The number of hydrogen-bond acceptors (Lipinski definition) is 3. The van der Waals surface area contributed by atoms with E-state index in [0.717, 1.165) is 45.4 Å². The summed E-state index contributed by atoms with van der Waals surface area (Å²) in [5.74, 6) is 0.318. The molecule has 2 aromatic rings. The molecule has 0 radical (unpaired) electrons. The maximum atomic E-state index is 9.82. The number of ether oxygens (including phenoxy) is 1. The molecule has 162 valence electrons. The van der Waals surface area contributed by atoms with Gasteiger partial charge in [-0.3, -0.25) is 4.90 Å². The Balaban J connectivity index is 1.84. The minimum Gasteiger partial charge on any atom is -0.396 e. The normalized spacial score (nSPS) is 18.9. The Hall–Kier alpha value is -1.94. The molecule has 0 aromatic heterocycles. The molecule has 3 rings (SSSR count). The van der Waals surface area contributed by atoms with Gasteiger partial charge in [0.05, 0.1) is 12.6 Å². The van der Waals surface area contributed by atoms with Crippen LogP contribution >= 0.6 is 0 Å². The fourth-order valence-electron chi connectivity index (χ4n) is 4.25. The molecule has 0 bridgehead atoms. The Morgan fingerprint density at radius 2 is 1.67 bits per heavy atom. The van der Waals surface area contributed by atoms with Gasteiger partial charge in [-0.05, 0) is 36.8 Å². The molecule has 2 aromatic carbocycles. The number of benzene rings is 2. The summed E-state index contributed by atoms with van der Waals surface area (Å²) < 4.78 is 6.12. The van der Waals surface area contributed by atoms with Gasteiger partial charge in [-0.2, -0.15) is 0 Å². The van der Waals surface area contributed by atoms with Crippen molar-refractivity contribution < 1.29 is 9.84 Å². The number of nitrogens with zero attached hydrogens (tertiary/aromatic N) is 1. The molecule has 0 spiro atoms. The molecule has 3 heteroatoms. The number of aliphatic hydroxyl groups excluding tert-OH is 1. The second-order valence-electron chi connectivity index (χ2n) is 8.39. The minimum absolute atomic E-state index is 0.199. The lowest BCUT2D eigenvalue weighted by Gasteiger charge is -2.31. The van der Waals surface area contributed by atoms with E-state index in [9.17, 15) is 5.11 Å². The summed E-state index contributed by atoms with van der Waals surface area (Å²) in [6, 6.07) is 21.6. The largest absolute Gasteiger partial charge is 0.396 e. The van der Waals surface area contributed by atoms with E-state index in [0.29, 0.717) is 12.5 Å². The summed E-state index contributed by atoms with van der Waals surface area (Å²) in [6.45, 7) is 5.72. The molecular formula is C27H37NO2. The molecule has 1 N–H and O–H groups in total. The van der Waals surface area contributed by atoms with Gasteiger partial charge in [0.15, 0.2) is 0 Å². The number of rotatable bonds is 12. The van der Waals surface area contributed by atoms with E-state index in [1.165, 1.54) is 23.1 Å². The van der Waals surface area contributed by atoms with Crippen LogP contribution < -0.4 is 0 Å². The fraction of sp³-hybridized carbons (Fsp3) is 0.481. The molecule has 0 amide bonds. The predicted molar refractivity (Wildman–Crippen MR) is 124 cm³/mol. The van der Waals surface area contributed by atoms with Gasteiger partial charge in [-0.15, -0.1) is 0 Å². The zero-order valence-electron chi connectivity index (χ0n) is 18.4. The van der Waals surface area contributed by atoms with E-state index in [1.807, 2.05) is 0 Å². The topological polar surface area (TPSA) is 32.7 Å². The Morgan fingerprint density at radius 3 is 2.23 bits per heavy atom. The van der Waals surface area contributed by atoms with E-state index in [4.69, 9.17) is 4.74 Å². The van der Waals surface area contributed by atoms with Crippen LogP contribution in [0.5, 0.6) is 0 Å². The van der Waals surface area contributed by atoms with E-state index < -0.39 is 0 Å². The first-order valence-electron chi connectivity index (χ1n) is 11.5. The first-order valence-corrected chi connectivity index (χ1v) is 11.5. The molecule has 0 aliphatic heterocycles. The van der Waals surface area contributed by atoms with Gasteiger partial charge in [-0.25, -0.2) is 0 Å². The van der Waals surface area contributed by atoms with Gasteiger partial charge in [0.1, 0.15) is 0 Å². The fourth-order valence-corrected chi connectivity index (χ4v) is 4.25. The van der Waals surface area contributed by atoms with Gasteiger partial charge < -0.3 is 9.84 Å². The van der Waals surface area contributed by atoms with E-state index in [1.54, 1.807) is 0 Å². The lowest BCUT2D eigenvalue weighted by Crippen LogP contribution is -2.37. The Kier molecular flexibility index (Phi) is 9.62. The van der Waals surface area contributed by atoms with Gasteiger partial charge in [0, 0.05) is 32.2 Å². The highest BCUT2D eigenvalue weighted by molar-refractivity contribution is 5.20. The maximum Gasteiger partial charge on any atom is 0.0658 e. The maximum absolute atomic E-state index is 9.82. The Morgan fingerprint density at radius 1 is 1.03 bits per heavy atom. The van der Waals surface area contributed by atoms with Crippen LogP contribution in [0.3, 0.4) is 0 Å². The standard InChI is InChI=1S/C27H37NO2/c1-2-3-17-30-22-27(18-25-15-10-16-26(25)21-29)28(19-23-11-6-4-7-12-23)20-24-13-8-5-9-14-24/h4-9,11-14,18,26-27,29H,2-3,10,15-17,19-22H2,1H3/b25-18-/t26-,27+/m0/s1. The minimum atomic E-state index is 0.199. The summed E-state index contributed by atoms with van der Waals surface area (Å²) in [6.07, 6.45) is 8.03. The van der Waals surface area contributed by atoms with Crippen LogP contribution in [0.2, 0.25) is 0 Å². The monoisotopic (exact) mass is 407 g/mol.